The molecule has 0 saturated carbocycles. The summed E-state index contributed by atoms with van der Waals surface area (Å²) >= 11 is 0. The predicted molar refractivity (Wildman–Crippen MR) is 387 cm³/mol. The Morgan fingerprint density at radius 3 is 1.16 bits per heavy atom. The molecule has 6 heterocycles. The summed E-state index contributed by atoms with van der Waals surface area (Å²) in [4.78, 5) is 29.3. The lowest BCUT2D eigenvalue weighted by atomic mass is 9.91. The number of nitrogens with zero attached hydrogens (tertiary/aromatic N) is 9. The number of aryl methyl sites for hydroxylation is 2. The van der Waals surface area contributed by atoms with Crippen LogP contribution >= 0.6 is 0 Å². The number of imidazole rings is 3. The zero-order valence-electron chi connectivity index (χ0n) is 54.2. The van der Waals surface area contributed by atoms with Crippen LogP contribution in [0.15, 0.2) is 267 Å². The largest absolute Gasteiger partial charge is 0.508 e. The van der Waals surface area contributed by atoms with Gasteiger partial charge < -0.3 is 35.7 Å². The summed E-state index contributed by atoms with van der Waals surface area (Å²) in [6.07, 6.45) is 8.29. The molecule has 6 aromatic heterocycles. The first-order chi connectivity index (χ1) is 48.9. The lowest BCUT2D eigenvalue weighted by molar-refractivity contribution is 0.439. The summed E-state index contributed by atoms with van der Waals surface area (Å²) in [5.41, 5.74) is 19.4. The third-order valence-corrected chi connectivity index (χ3v) is 18.1. The number of rotatable bonds is 14. The second-order valence-electron chi connectivity index (χ2n) is 25.0. The van der Waals surface area contributed by atoms with E-state index in [0.29, 0.717) is 90.4 Å². The summed E-state index contributed by atoms with van der Waals surface area (Å²) in [7, 11) is 0. The van der Waals surface area contributed by atoms with E-state index in [1.807, 2.05) is 150 Å². The van der Waals surface area contributed by atoms with E-state index in [1.165, 1.54) is 5.39 Å². The molecule has 0 radical (unpaired) electrons. The molecule has 0 saturated heterocycles. The molecule has 16 nitrogen and oxygen atoms in total. The SMILES string of the molecule is Oc1ccc(-c2cn3c(O)c(Cc4ccc5ccccc5c4)nc3c(Cc3ccccc3)n2)cc1.Oc1ccc(-c2cn3c(O)c(Cc4ccccc4)nc3c(Cc3ccccc3)n2)cc1.Oc1ccc(Cc2nc3c(Cc4ccccc4)nc4c(n3c2O)CCc2cc(O)ccc2-4)cc1. The van der Waals surface area contributed by atoms with E-state index in [-0.39, 0.29) is 40.6 Å². The van der Waals surface area contributed by atoms with Crippen LogP contribution in [0.5, 0.6) is 40.6 Å². The highest BCUT2D eigenvalue weighted by molar-refractivity contribution is 5.83. The first kappa shape index (κ1) is 63.0. The highest BCUT2D eigenvalue weighted by atomic mass is 16.3. The molecule has 1 aliphatic rings. The van der Waals surface area contributed by atoms with Gasteiger partial charge in [0.2, 0.25) is 17.6 Å². The minimum atomic E-state index is 0.116. The van der Waals surface area contributed by atoms with Gasteiger partial charge in [-0.2, -0.15) is 0 Å². The molecule has 0 fully saturated rings. The Kier molecular flexibility index (Phi) is 17.4. The smallest absolute Gasteiger partial charge is 0.219 e. The summed E-state index contributed by atoms with van der Waals surface area (Å²) in [6.45, 7) is 0. The molecule has 1 aliphatic carbocycles. The Morgan fingerprint density at radius 1 is 0.290 bits per heavy atom. The molecule has 0 amide bonds. The van der Waals surface area contributed by atoms with Gasteiger partial charge in [-0.15, -0.1) is 0 Å². The first-order valence-electron chi connectivity index (χ1n) is 33.0. The fourth-order valence-electron chi connectivity index (χ4n) is 13.0. The number of fused-ring (bicyclic) bond motifs is 8. The lowest BCUT2D eigenvalue weighted by Crippen LogP contribution is -2.13. The maximum atomic E-state index is 11.3. The lowest BCUT2D eigenvalue weighted by Gasteiger charge is -2.22. The molecule has 7 N–H and O–H groups in total. The van der Waals surface area contributed by atoms with Crippen LogP contribution in [-0.2, 0) is 51.4 Å². The Morgan fingerprint density at radius 2 is 0.670 bits per heavy atom. The second kappa shape index (κ2) is 27.6. The van der Waals surface area contributed by atoms with Crippen molar-refractivity contribution in [3.05, 3.63) is 346 Å². The number of benzene rings is 10. The van der Waals surface area contributed by atoms with Crippen LogP contribution in [0.3, 0.4) is 0 Å². The van der Waals surface area contributed by atoms with Crippen molar-refractivity contribution in [1.29, 1.82) is 0 Å². The maximum absolute atomic E-state index is 11.3. The Hall–Kier alpha value is -13.1. The van der Waals surface area contributed by atoms with Crippen LogP contribution in [-0.4, -0.2) is 78.9 Å². The molecule has 16 aromatic rings. The van der Waals surface area contributed by atoms with Crippen molar-refractivity contribution in [3.8, 4) is 74.4 Å². The predicted octanol–water partition coefficient (Wildman–Crippen LogP) is 15.9. The van der Waals surface area contributed by atoms with E-state index >= 15 is 0 Å². The Labute approximate surface area is 575 Å². The van der Waals surface area contributed by atoms with Gasteiger partial charge in [-0.1, -0.05) is 176 Å². The fourth-order valence-corrected chi connectivity index (χ4v) is 13.0. The first-order valence-corrected chi connectivity index (χ1v) is 33.0. The third kappa shape index (κ3) is 13.4. The molecule has 10 aromatic carbocycles. The van der Waals surface area contributed by atoms with Crippen molar-refractivity contribution in [2.75, 3.05) is 0 Å². The van der Waals surface area contributed by atoms with Crippen molar-refractivity contribution in [2.24, 2.45) is 0 Å². The van der Waals surface area contributed by atoms with Crippen LogP contribution in [0, 0.1) is 0 Å². The van der Waals surface area contributed by atoms with Gasteiger partial charge in [-0.3, -0.25) is 13.2 Å². The van der Waals surface area contributed by atoms with Gasteiger partial charge in [-0.25, -0.2) is 29.9 Å². The topological polar surface area (TPSA) is 232 Å². The second-order valence-corrected chi connectivity index (χ2v) is 25.0. The van der Waals surface area contributed by atoms with Gasteiger partial charge in [0.05, 0.1) is 39.9 Å². The molecular weight excluding hydrogens is 1250 g/mol. The van der Waals surface area contributed by atoms with Gasteiger partial charge >= 0.3 is 0 Å². The van der Waals surface area contributed by atoms with Crippen molar-refractivity contribution >= 4 is 27.7 Å². The zero-order chi connectivity index (χ0) is 68.2. The van der Waals surface area contributed by atoms with E-state index in [9.17, 15) is 35.7 Å². The average Bonchev–Trinajstić information content (AvgIpc) is 1.54. The standard InChI is InChI=1S/C30H23N3O2.C28H23N3O3.C26H21N3O2/c34-25-14-12-23(13-15-25)28-19-33-29(26(31-28)17-20-6-2-1-3-7-20)32-27(30(33)35)18-21-10-11-22-8-4-5-9-24(22)16-21;32-20-9-6-18(7-10-20)15-24-28(34)31-25-13-8-19-16-21(33)11-12-22(19)26(25)29-23(27(31)30-24)14-17-4-2-1-3-5-17;30-21-13-11-20(12-14-21)24-17-29-25(22(27-24)15-18-7-3-1-4-8-18)28-23(26(29)31)16-19-9-5-2-6-10-19/h1-16,19,34-35H,17-18H2;1-7,9-12,16,32-34H,8,13-15H2;1-14,17,30-31H,15-16H2. The van der Waals surface area contributed by atoms with Gasteiger partial charge in [0.1, 0.15) is 40.1 Å². The van der Waals surface area contributed by atoms with Crippen LogP contribution in [0.25, 0.3) is 61.5 Å². The monoisotopic (exact) mass is 1310 g/mol. The quantitative estimate of drug-likeness (QED) is 0.0538. The number of aromatic nitrogens is 9. The van der Waals surface area contributed by atoms with Crippen LogP contribution in [0.4, 0.5) is 0 Å². The Balaban J connectivity index is 0.000000122. The summed E-state index contributed by atoms with van der Waals surface area (Å²) < 4.78 is 5.29. The van der Waals surface area contributed by atoms with Gasteiger partial charge in [0.25, 0.3) is 0 Å². The number of phenols is 4. The molecule has 17 rings (SSSR count). The van der Waals surface area contributed by atoms with Crippen LogP contribution in [0.1, 0.15) is 78.8 Å². The normalized spacial score (nSPS) is 11.6. The highest BCUT2D eigenvalue weighted by Crippen LogP contribution is 2.39. The minimum absolute atomic E-state index is 0.116. The van der Waals surface area contributed by atoms with Crippen molar-refractivity contribution in [3.63, 3.8) is 0 Å². The van der Waals surface area contributed by atoms with Crippen molar-refractivity contribution < 1.29 is 35.7 Å². The van der Waals surface area contributed by atoms with E-state index in [1.54, 1.807) is 63.5 Å². The molecule has 0 bridgehead atoms. The van der Waals surface area contributed by atoms with E-state index in [4.69, 9.17) is 29.9 Å². The van der Waals surface area contributed by atoms with Gasteiger partial charge in [0.15, 0.2) is 16.9 Å². The molecular formula is C84H67N9O7. The fraction of sp³-hybridized carbons (Fsp3) is 0.0952. The molecule has 0 unspecified atom stereocenters. The third-order valence-electron chi connectivity index (χ3n) is 18.1. The van der Waals surface area contributed by atoms with E-state index < -0.39 is 0 Å². The molecule has 0 aliphatic heterocycles. The van der Waals surface area contributed by atoms with Gasteiger partial charge in [0, 0.05) is 67.6 Å². The minimum Gasteiger partial charge on any atom is -0.508 e. The summed E-state index contributed by atoms with van der Waals surface area (Å²) in [6, 6.07) is 81.0. The molecule has 100 heavy (non-hydrogen) atoms. The van der Waals surface area contributed by atoms with Crippen molar-refractivity contribution in [1.82, 2.24) is 43.1 Å². The van der Waals surface area contributed by atoms with Crippen LogP contribution < -0.4 is 0 Å². The highest BCUT2D eigenvalue weighted by Gasteiger charge is 2.28. The Bertz CT molecular complexity index is 5610. The van der Waals surface area contributed by atoms with Crippen molar-refractivity contribution in [2.45, 2.75) is 51.4 Å². The number of hydrogen-bond donors (Lipinski definition) is 7. The van der Waals surface area contributed by atoms with Gasteiger partial charge in [-0.05, 0) is 141 Å². The molecule has 490 valence electrons. The molecule has 16 heteroatoms. The molecule has 0 spiro atoms. The summed E-state index contributed by atoms with van der Waals surface area (Å²) in [5.74, 6) is 1.21. The molecule has 0 atom stereocenters. The van der Waals surface area contributed by atoms with E-state index in [2.05, 4.69) is 66.7 Å². The summed E-state index contributed by atoms with van der Waals surface area (Å²) in [5, 5.41) is 74.8. The number of aromatic hydroxyl groups is 7. The average molecular weight is 1310 g/mol. The zero-order valence-corrected chi connectivity index (χ0v) is 54.2. The van der Waals surface area contributed by atoms with E-state index in [0.717, 1.165) is 95.9 Å². The van der Waals surface area contributed by atoms with Crippen LogP contribution in [0.2, 0.25) is 0 Å². The number of hydrogen-bond acceptors (Lipinski definition) is 13. The maximum Gasteiger partial charge on any atom is 0.219 e. The number of phenolic OH excluding ortho intramolecular Hbond substituents is 4.